The Bertz CT molecular complexity index is 443. The molecule has 0 aromatic rings. The van der Waals surface area contributed by atoms with Crippen LogP contribution in [0.5, 0.6) is 0 Å². The molecule has 20 heavy (non-hydrogen) atoms. The zero-order valence-corrected chi connectivity index (χ0v) is 11.8. The van der Waals surface area contributed by atoms with Gasteiger partial charge in [0.05, 0.1) is 11.5 Å². The van der Waals surface area contributed by atoms with Crippen molar-refractivity contribution in [2.24, 2.45) is 5.92 Å². The predicted molar refractivity (Wildman–Crippen MR) is 77.4 cm³/mol. The van der Waals surface area contributed by atoms with E-state index in [0.717, 1.165) is 19.3 Å². The molecule has 0 aromatic carbocycles. The van der Waals surface area contributed by atoms with Crippen molar-refractivity contribution in [1.29, 1.82) is 0 Å². The molecule has 4 nitrogen and oxygen atoms in total. The van der Waals surface area contributed by atoms with Crippen LogP contribution in [0.15, 0.2) is 35.5 Å². The molecule has 1 aliphatic carbocycles. The highest BCUT2D eigenvalue weighted by molar-refractivity contribution is 5.92. The number of allylic oxidation sites excluding steroid dienone is 2. The van der Waals surface area contributed by atoms with Gasteiger partial charge in [-0.2, -0.15) is 0 Å². The van der Waals surface area contributed by atoms with E-state index in [1.54, 1.807) is 0 Å². The van der Waals surface area contributed by atoms with E-state index in [0.29, 0.717) is 5.57 Å². The molecule has 0 aliphatic heterocycles. The topological polar surface area (TPSA) is 74.6 Å². The fraction of sp³-hybridized carbons (Fsp3) is 0.500. The molecule has 0 saturated carbocycles. The molecule has 1 rings (SSSR count). The Morgan fingerprint density at radius 3 is 2.50 bits per heavy atom. The minimum Gasteiger partial charge on any atom is -0.481 e. The van der Waals surface area contributed by atoms with E-state index in [4.69, 9.17) is 10.2 Å². The second kappa shape index (κ2) is 8.35. The van der Waals surface area contributed by atoms with Crippen LogP contribution in [0.3, 0.4) is 0 Å². The van der Waals surface area contributed by atoms with Gasteiger partial charge in [0.1, 0.15) is 0 Å². The maximum atomic E-state index is 11.1. The molecule has 110 valence electrons. The summed E-state index contributed by atoms with van der Waals surface area (Å²) in [5.74, 6) is -2.70. The second-order valence-electron chi connectivity index (χ2n) is 4.99. The summed E-state index contributed by atoms with van der Waals surface area (Å²) in [5.41, 5.74) is 0.715. The van der Waals surface area contributed by atoms with E-state index in [9.17, 15) is 9.59 Å². The first-order valence-corrected chi connectivity index (χ1v) is 7.12. The first-order valence-electron chi connectivity index (χ1n) is 7.12. The molecular weight excluding hydrogens is 256 g/mol. The normalized spacial score (nSPS) is 19.9. The Balaban J connectivity index is 2.63. The minimum atomic E-state index is -1.03. The molecule has 0 bridgehead atoms. The number of rotatable bonds is 8. The zero-order valence-electron chi connectivity index (χ0n) is 11.8. The lowest BCUT2D eigenvalue weighted by molar-refractivity contribution is -0.139. The van der Waals surface area contributed by atoms with Crippen molar-refractivity contribution in [3.05, 3.63) is 35.5 Å². The van der Waals surface area contributed by atoms with Crippen LogP contribution in [-0.2, 0) is 9.59 Å². The molecule has 0 heterocycles. The van der Waals surface area contributed by atoms with Gasteiger partial charge in [0.2, 0.25) is 0 Å². The maximum absolute atomic E-state index is 11.1. The van der Waals surface area contributed by atoms with Crippen molar-refractivity contribution < 1.29 is 19.8 Å². The number of carboxylic acids is 2. The van der Waals surface area contributed by atoms with Gasteiger partial charge in [0, 0.05) is 0 Å². The number of carboxylic acid groups (broad SMARTS) is 2. The average molecular weight is 278 g/mol. The third kappa shape index (κ3) is 5.03. The Kier molecular flexibility index (Phi) is 6.77. The van der Waals surface area contributed by atoms with Crippen molar-refractivity contribution in [2.45, 2.75) is 45.4 Å². The number of hydrogen-bond acceptors (Lipinski definition) is 2. The summed E-state index contributed by atoms with van der Waals surface area (Å²) in [5, 5.41) is 18.1. The first kappa shape index (κ1) is 16.2. The monoisotopic (exact) mass is 278 g/mol. The van der Waals surface area contributed by atoms with Crippen LogP contribution >= 0.6 is 0 Å². The molecule has 0 radical (unpaired) electrons. The van der Waals surface area contributed by atoms with E-state index in [2.05, 4.69) is 6.92 Å². The van der Waals surface area contributed by atoms with Gasteiger partial charge in [-0.05, 0) is 24.5 Å². The van der Waals surface area contributed by atoms with Gasteiger partial charge >= 0.3 is 11.9 Å². The highest BCUT2D eigenvalue weighted by atomic mass is 16.4. The van der Waals surface area contributed by atoms with Crippen molar-refractivity contribution in [1.82, 2.24) is 0 Å². The summed E-state index contributed by atoms with van der Waals surface area (Å²) in [6, 6.07) is 0. The SMILES string of the molecule is CCCCCCCC=C1C=C(C(=O)O)C=CC1C(=O)O. The fourth-order valence-corrected chi connectivity index (χ4v) is 2.19. The Hall–Kier alpha value is -1.84. The fourth-order valence-electron chi connectivity index (χ4n) is 2.19. The number of unbranched alkanes of at least 4 members (excludes halogenated alkanes) is 5. The summed E-state index contributed by atoms with van der Waals surface area (Å²) < 4.78 is 0. The van der Waals surface area contributed by atoms with Gasteiger partial charge < -0.3 is 10.2 Å². The van der Waals surface area contributed by atoms with Crippen molar-refractivity contribution in [3.63, 3.8) is 0 Å². The smallest absolute Gasteiger partial charge is 0.335 e. The van der Waals surface area contributed by atoms with Crippen molar-refractivity contribution >= 4 is 11.9 Å². The summed E-state index contributed by atoms with van der Waals surface area (Å²) in [7, 11) is 0. The number of hydrogen-bond donors (Lipinski definition) is 2. The van der Waals surface area contributed by atoms with Crippen molar-refractivity contribution in [2.75, 3.05) is 0 Å². The second-order valence-corrected chi connectivity index (χ2v) is 4.99. The lowest BCUT2D eigenvalue weighted by atomic mass is 9.90. The Morgan fingerprint density at radius 2 is 1.90 bits per heavy atom. The van der Waals surface area contributed by atoms with Crippen LogP contribution in [0.2, 0.25) is 0 Å². The van der Waals surface area contributed by atoms with Crippen LogP contribution in [-0.4, -0.2) is 22.2 Å². The van der Waals surface area contributed by atoms with E-state index in [-0.39, 0.29) is 5.57 Å². The third-order valence-electron chi connectivity index (χ3n) is 3.35. The molecule has 0 aromatic heterocycles. The van der Waals surface area contributed by atoms with Crippen molar-refractivity contribution in [3.8, 4) is 0 Å². The van der Waals surface area contributed by atoms with Gasteiger partial charge in [0.25, 0.3) is 0 Å². The van der Waals surface area contributed by atoms with Crippen LogP contribution in [0, 0.1) is 5.92 Å². The third-order valence-corrected chi connectivity index (χ3v) is 3.35. The van der Waals surface area contributed by atoms with E-state index in [1.807, 2.05) is 6.08 Å². The van der Waals surface area contributed by atoms with Gasteiger partial charge in [-0.25, -0.2) is 4.79 Å². The molecule has 2 N–H and O–H groups in total. The first-order chi connectivity index (χ1) is 9.56. The number of aliphatic carboxylic acids is 2. The van der Waals surface area contributed by atoms with Gasteiger partial charge in [-0.3, -0.25) is 4.79 Å². The van der Waals surface area contributed by atoms with Crippen LogP contribution in [0.25, 0.3) is 0 Å². The maximum Gasteiger partial charge on any atom is 0.335 e. The molecule has 0 amide bonds. The number of carbonyl (C=O) groups is 2. The molecular formula is C16H22O4. The molecule has 0 fully saturated rings. The van der Waals surface area contributed by atoms with Gasteiger partial charge in [-0.15, -0.1) is 0 Å². The molecule has 1 unspecified atom stereocenters. The van der Waals surface area contributed by atoms with Crippen LogP contribution < -0.4 is 0 Å². The highest BCUT2D eigenvalue weighted by Gasteiger charge is 2.22. The highest BCUT2D eigenvalue weighted by Crippen LogP contribution is 2.24. The molecule has 4 heteroatoms. The summed E-state index contributed by atoms with van der Waals surface area (Å²) in [6.07, 6.45) is 12.7. The quantitative estimate of drug-likeness (QED) is 0.666. The molecule has 0 saturated heterocycles. The largest absolute Gasteiger partial charge is 0.481 e. The summed E-state index contributed by atoms with van der Waals surface area (Å²) in [6.45, 7) is 2.16. The lowest BCUT2D eigenvalue weighted by Crippen LogP contribution is -2.17. The summed E-state index contributed by atoms with van der Waals surface area (Å²) >= 11 is 0. The van der Waals surface area contributed by atoms with E-state index >= 15 is 0 Å². The van der Waals surface area contributed by atoms with E-state index < -0.39 is 17.9 Å². The van der Waals surface area contributed by atoms with Gasteiger partial charge in [0.15, 0.2) is 0 Å². The van der Waals surface area contributed by atoms with Gasteiger partial charge in [-0.1, -0.05) is 50.8 Å². The molecule has 1 aliphatic rings. The Labute approximate surface area is 119 Å². The van der Waals surface area contributed by atoms with E-state index in [1.165, 1.54) is 37.5 Å². The summed E-state index contributed by atoms with van der Waals surface area (Å²) in [4.78, 5) is 22.1. The lowest BCUT2D eigenvalue weighted by Gasteiger charge is -2.14. The Morgan fingerprint density at radius 1 is 1.20 bits per heavy atom. The van der Waals surface area contributed by atoms with Crippen LogP contribution in [0.1, 0.15) is 45.4 Å². The zero-order chi connectivity index (χ0) is 15.0. The average Bonchev–Trinajstić information content (AvgIpc) is 2.42. The van der Waals surface area contributed by atoms with Crippen LogP contribution in [0.4, 0.5) is 0 Å². The predicted octanol–water partition coefficient (Wildman–Crippen LogP) is 3.55. The standard InChI is InChI=1S/C16H22O4/c1-2-3-4-5-6-7-8-12-11-13(15(17)18)9-10-14(12)16(19)20/h8-11,14H,2-7H2,1H3,(H,17,18)(H,19,20). The molecule has 0 spiro atoms. The minimum absolute atomic E-state index is 0.139. The molecule has 1 atom stereocenters.